The van der Waals surface area contributed by atoms with Gasteiger partial charge in [-0.25, -0.2) is 0 Å². The molecular formula is C10H21N3OS. The van der Waals surface area contributed by atoms with Crippen molar-refractivity contribution in [2.24, 2.45) is 5.73 Å². The van der Waals surface area contributed by atoms with Crippen LogP contribution in [0.5, 0.6) is 0 Å². The highest BCUT2D eigenvalue weighted by atomic mass is 32.2. The molecule has 1 rings (SSSR count). The number of carbonyl (C=O) groups is 1. The molecule has 4 nitrogen and oxygen atoms in total. The average Bonchev–Trinajstić information content (AvgIpc) is 2.25. The molecule has 2 atom stereocenters. The lowest BCUT2D eigenvalue weighted by Gasteiger charge is -2.36. The zero-order valence-corrected chi connectivity index (χ0v) is 10.3. The Labute approximate surface area is 96.0 Å². The Morgan fingerprint density at radius 3 is 3.00 bits per heavy atom. The lowest BCUT2D eigenvalue weighted by Crippen LogP contribution is -2.48. The molecule has 3 N–H and O–H groups in total. The number of carbonyl (C=O) groups excluding carboxylic acids is 1. The fraction of sp³-hybridized carbons (Fsp3) is 0.900. The molecule has 0 aromatic heterocycles. The number of rotatable bonds is 4. The van der Waals surface area contributed by atoms with Crippen molar-refractivity contribution in [3.05, 3.63) is 0 Å². The van der Waals surface area contributed by atoms with Gasteiger partial charge in [-0.1, -0.05) is 6.92 Å². The summed E-state index contributed by atoms with van der Waals surface area (Å²) >= 11 is 1.99. The first-order valence-corrected chi connectivity index (χ1v) is 6.48. The zero-order valence-electron chi connectivity index (χ0n) is 9.53. The van der Waals surface area contributed by atoms with Crippen molar-refractivity contribution < 1.29 is 4.79 Å². The van der Waals surface area contributed by atoms with Gasteiger partial charge in [0.05, 0.1) is 0 Å². The van der Waals surface area contributed by atoms with Crippen molar-refractivity contribution in [2.45, 2.75) is 24.6 Å². The fourth-order valence-electron chi connectivity index (χ4n) is 1.85. The Morgan fingerprint density at radius 2 is 2.47 bits per heavy atom. The van der Waals surface area contributed by atoms with Crippen LogP contribution in [-0.2, 0) is 4.79 Å². The minimum Gasteiger partial charge on any atom is -0.359 e. The Bertz CT molecular complexity index is 213. The van der Waals surface area contributed by atoms with Crippen LogP contribution in [0.15, 0.2) is 0 Å². The molecule has 0 spiro atoms. The van der Waals surface area contributed by atoms with Crippen molar-refractivity contribution in [3.8, 4) is 0 Å². The van der Waals surface area contributed by atoms with E-state index in [0.717, 1.165) is 18.8 Å². The quantitative estimate of drug-likeness (QED) is 0.709. The van der Waals surface area contributed by atoms with E-state index in [9.17, 15) is 4.79 Å². The van der Waals surface area contributed by atoms with Gasteiger partial charge >= 0.3 is 0 Å². The van der Waals surface area contributed by atoms with E-state index in [0.29, 0.717) is 18.2 Å². The highest BCUT2D eigenvalue weighted by Crippen LogP contribution is 2.20. The van der Waals surface area contributed by atoms with E-state index in [-0.39, 0.29) is 11.9 Å². The van der Waals surface area contributed by atoms with Gasteiger partial charge in [-0.05, 0) is 0 Å². The molecule has 1 saturated heterocycles. The molecule has 0 aliphatic carbocycles. The first-order valence-electron chi connectivity index (χ1n) is 5.43. The van der Waals surface area contributed by atoms with E-state index in [1.807, 2.05) is 11.8 Å². The van der Waals surface area contributed by atoms with Gasteiger partial charge in [0.1, 0.15) is 0 Å². The molecule has 1 heterocycles. The molecule has 1 amide bonds. The summed E-state index contributed by atoms with van der Waals surface area (Å²) < 4.78 is 0. The number of amides is 1. The van der Waals surface area contributed by atoms with Crippen molar-refractivity contribution in [2.75, 3.05) is 32.4 Å². The molecule has 0 saturated carbocycles. The SMILES string of the molecule is CNC(=O)CC(CN)N1CCSC(C)C1. The van der Waals surface area contributed by atoms with Crippen LogP contribution in [0, 0.1) is 0 Å². The highest BCUT2D eigenvalue weighted by Gasteiger charge is 2.24. The van der Waals surface area contributed by atoms with Gasteiger partial charge in [0.25, 0.3) is 0 Å². The van der Waals surface area contributed by atoms with Crippen LogP contribution in [0.1, 0.15) is 13.3 Å². The molecule has 15 heavy (non-hydrogen) atoms. The van der Waals surface area contributed by atoms with Gasteiger partial charge in [0.2, 0.25) is 5.91 Å². The normalized spacial score (nSPS) is 24.9. The molecule has 0 bridgehead atoms. The largest absolute Gasteiger partial charge is 0.359 e. The summed E-state index contributed by atoms with van der Waals surface area (Å²) in [5, 5.41) is 3.30. The highest BCUT2D eigenvalue weighted by molar-refractivity contribution is 7.99. The maximum atomic E-state index is 11.3. The maximum Gasteiger partial charge on any atom is 0.221 e. The van der Waals surface area contributed by atoms with Crippen molar-refractivity contribution >= 4 is 17.7 Å². The van der Waals surface area contributed by atoms with E-state index in [2.05, 4.69) is 17.1 Å². The molecule has 1 aliphatic rings. The van der Waals surface area contributed by atoms with E-state index in [4.69, 9.17) is 5.73 Å². The van der Waals surface area contributed by atoms with Crippen LogP contribution in [0.4, 0.5) is 0 Å². The van der Waals surface area contributed by atoms with Gasteiger partial charge in [-0.15, -0.1) is 0 Å². The van der Waals surface area contributed by atoms with Crippen LogP contribution in [0.3, 0.4) is 0 Å². The lowest BCUT2D eigenvalue weighted by molar-refractivity contribution is -0.121. The summed E-state index contributed by atoms with van der Waals surface area (Å²) in [5.74, 6) is 1.22. The van der Waals surface area contributed by atoms with Crippen LogP contribution < -0.4 is 11.1 Å². The van der Waals surface area contributed by atoms with E-state index in [1.165, 1.54) is 0 Å². The Morgan fingerprint density at radius 1 is 1.73 bits per heavy atom. The first-order chi connectivity index (χ1) is 7.17. The summed E-state index contributed by atoms with van der Waals surface area (Å²) in [6, 6.07) is 0.202. The Hall–Kier alpha value is -0.260. The first kappa shape index (κ1) is 12.8. The van der Waals surface area contributed by atoms with Crippen molar-refractivity contribution in [1.82, 2.24) is 10.2 Å². The molecule has 1 aliphatic heterocycles. The fourth-order valence-corrected chi connectivity index (χ4v) is 2.89. The summed E-state index contributed by atoms with van der Waals surface area (Å²) in [6.07, 6.45) is 0.518. The molecule has 5 heteroatoms. The standard InChI is InChI=1S/C10H21N3OS/c1-8-7-13(3-4-15-8)9(6-11)5-10(14)12-2/h8-9H,3-7,11H2,1-2H3,(H,12,14). The van der Waals surface area contributed by atoms with Gasteiger partial charge in [0.15, 0.2) is 0 Å². The minimum absolute atomic E-state index is 0.0799. The number of thioether (sulfide) groups is 1. The lowest BCUT2D eigenvalue weighted by atomic mass is 10.1. The van der Waals surface area contributed by atoms with Crippen LogP contribution in [0.25, 0.3) is 0 Å². The number of hydrogen-bond donors (Lipinski definition) is 2. The van der Waals surface area contributed by atoms with Crippen molar-refractivity contribution in [3.63, 3.8) is 0 Å². The Kier molecular flexibility index (Phi) is 5.42. The summed E-state index contributed by atoms with van der Waals surface area (Å²) in [6.45, 7) is 4.88. The second kappa shape index (κ2) is 6.35. The molecule has 0 radical (unpaired) electrons. The predicted octanol–water partition coefficient (Wildman–Crippen LogP) is -0.113. The number of nitrogens with two attached hydrogens (primary N) is 1. The van der Waals surface area contributed by atoms with Crippen LogP contribution in [-0.4, -0.2) is 54.5 Å². The predicted molar refractivity (Wildman–Crippen MR) is 65.0 cm³/mol. The molecular weight excluding hydrogens is 210 g/mol. The summed E-state index contributed by atoms with van der Waals surface area (Å²) in [7, 11) is 1.67. The van der Waals surface area contributed by atoms with Gasteiger partial charge < -0.3 is 11.1 Å². The Balaban J connectivity index is 2.45. The minimum atomic E-state index is 0.0799. The molecule has 0 aromatic carbocycles. The number of nitrogens with zero attached hydrogens (tertiary/aromatic N) is 1. The molecule has 88 valence electrons. The number of nitrogens with one attached hydrogen (secondary N) is 1. The molecule has 0 aromatic rings. The van der Waals surface area contributed by atoms with Gasteiger partial charge in [0, 0.05) is 50.1 Å². The van der Waals surface area contributed by atoms with E-state index >= 15 is 0 Å². The van der Waals surface area contributed by atoms with E-state index < -0.39 is 0 Å². The molecule has 1 fully saturated rings. The molecule has 2 unspecified atom stereocenters. The maximum absolute atomic E-state index is 11.3. The summed E-state index contributed by atoms with van der Waals surface area (Å²) in [5.41, 5.74) is 5.72. The second-order valence-corrected chi connectivity index (χ2v) is 5.49. The second-order valence-electron chi connectivity index (χ2n) is 3.94. The average molecular weight is 231 g/mol. The summed E-state index contributed by atoms with van der Waals surface area (Å²) in [4.78, 5) is 13.7. The van der Waals surface area contributed by atoms with Gasteiger partial charge in [-0.3, -0.25) is 9.69 Å². The van der Waals surface area contributed by atoms with E-state index in [1.54, 1.807) is 7.05 Å². The number of hydrogen-bond acceptors (Lipinski definition) is 4. The smallest absolute Gasteiger partial charge is 0.221 e. The van der Waals surface area contributed by atoms with Gasteiger partial charge in [-0.2, -0.15) is 11.8 Å². The van der Waals surface area contributed by atoms with Crippen LogP contribution >= 0.6 is 11.8 Å². The third-order valence-electron chi connectivity index (χ3n) is 2.76. The monoisotopic (exact) mass is 231 g/mol. The van der Waals surface area contributed by atoms with Crippen LogP contribution in [0.2, 0.25) is 0 Å². The topological polar surface area (TPSA) is 58.4 Å². The third kappa shape index (κ3) is 4.01. The van der Waals surface area contributed by atoms with Crippen molar-refractivity contribution in [1.29, 1.82) is 0 Å². The third-order valence-corrected chi connectivity index (χ3v) is 3.90. The zero-order chi connectivity index (χ0) is 11.3.